The molecule has 0 fully saturated rings. The molecule has 0 aliphatic heterocycles. The average Bonchev–Trinajstić information content (AvgIpc) is 2.47. The molecule has 2 rings (SSSR count). The minimum atomic E-state index is -0.242. The minimum Gasteiger partial charge on any atom is -0.508 e. The van der Waals surface area contributed by atoms with Gasteiger partial charge in [0.25, 0.3) is 0 Å². The van der Waals surface area contributed by atoms with Crippen molar-refractivity contribution < 1.29 is 19.7 Å². The van der Waals surface area contributed by atoms with E-state index >= 15 is 0 Å². The molecule has 0 bridgehead atoms. The monoisotopic (exact) mass is 348 g/mol. The largest absolute Gasteiger partial charge is 0.508 e. The van der Waals surface area contributed by atoms with Crippen molar-refractivity contribution in [2.24, 2.45) is 0 Å². The Balaban J connectivity index is 2.25. The third kappa shape index (κ3) is 3.64. The van der Waals surface area contributed by atoms with Crippen LogP contribution in [0.15, 0.2) is 46.9 Å². The van der Waals surface area contributed by atoms with Gasteiger partial charge in [-0.25, -0.2) is 0 Å². The molecule has 0 unspecified atom stereocenters. The number of methoxy groups -OCH3 is 1. The van der Waals surface area contributed by atoms with Gasteiger partial charge in [0.05, 0.1) is 7.11 Å². The smallest absolute Gasteiger partial charge is 0.185 e. The van der Waals surface area contributed by atoms with E-state index in [-0.39, 0.29) is 17.3 Å². The van der Waals surface area contributed by atoms with E-state index in [0.29, 0.717) is 21.3 Å². The molecule has 2 aromatic rings. The highest BCUT2D eigenvalue weighted by atomic mass is 79.9. The number of ether oxygens (including phenoxy) is 1. The zero-order valence-electron chi connectivity index (χ0n) is 11.2. The Kier molecular flexibility index (Phi) is 4.65. The fourth-order valence-corrected chi connectivity index (χ4v) is 2.23. The first-order valence-corrected chi connectivity index (χ1v) is 6.88. The van der Waals surface area contributed by atoms with E-state index in [4.69, 9.17) is 4.74 Å². The normalized spacial score (nSPS) is 10.8. The Morgan fingerprint density at radius 3 is 2.67 bits per heavy atom. The van der Waals surface area contributed by atoms with Gasteiger partial charge < -0.3 is 14.9 Å². The SMILES string of the molecule is COc1cc(Br)c(/C=C/C(=O)c2cccc(O)c2)cc1O. The fourth-order valence-electron chi connectivity index (χ4n) is 1.77. The summed E-state index contributed by atoms with van der Waals surface area (Å²) < 4.78 is 5.68. The topological polar surface area (TPSA) is 66.8 Å². The molecule has 0 spiro atoms. The van der Waals surface area contributed by atoms with Gasteiger partial charge in [-0.1, -0.05) is 28.1 Å². The maximum Gasteiger partial charge on any atom is 0.185 e. The first-order chi connectivity index (χ1) is 10.0. The van der Waals surface area contributed by atoms with Crippen LogP contribution in [0, 0.1) is 0 Å². The van der Waals surface area contributed by atoms with E-state index in [1.165, 1.54) is 31.4 Å². The summed E-state index contributed by atoms with van der Waals surface area (Å²) in [6.07, 6.45) is 2.95. The molecule has 0 saturated carbocycles. The van der Waals surface area contributed by atoms with Crippen LogP contribution < -0.4 is 4.74 Å². The van der Waals surface area contributed by atoms with Crippen molar-refractivity contribution in [2.45, 2.75) is 0 Å². The number of carbonyl (C=O) groups is 1. The van der Waals surface area contributed by atoms with Crippen molar-refractivity contribution in [2.75, 3.05) is 7.11 Å². The first kappa shape index (κ1) is 15.1. The van der Waals surface area contributed by atoms with E-state index in [1.807, 2.05) is 0 Å². The predicted octanol–water partition coefficient (Wildman–Crippen LogP) is 3.77. The predicted molar refractivity (Wildman–Crippen MR) is 83.8 cm³/mol. The lowest BCUT2D eigenvalue weighted by Crippen LogP contribution is -1.93. The van der Waals surface area contributed by atoms with Crippen molar-refractivity contribution >= 4 is 27.8 Å². The average molecular weight is 349 g/mol. The number of carbonyl (C=O) groups excluding carboxylic acids is 1. The number of ketones is 1. The van der Waals surface area contributed by atoms with Gasteiger partial charge in [0.2, 0.25) is 0 Å². The molecule has 0 heterocycles. The van der Waals surface area contributed by atoms with E-state index < -0.39 is 0 Å². The summed E-state index contributed by atoms with van der Waals surface area (Å²) in [5.74, 6) is 0.133. The second-order valence-electron chi connectivity index (χ2n) is 4.29. The molecule has 4 nitrogen and oxygen atoms in total. The van der Waals surface area contributed by atoms with E-state index in [1.54, 1.807) is 24.3 Å². The summed E-state index contributed by atoms with van der Waals surface area (Å²) in [5, 5.41) is 19.1. The summed E-state index contributed by atoms with van der Waals surface area (Å²) in [6.45, 7) is 0. The highest BCUT2D eigenvalue weighted by Crippen LogP contribution is 2.33. The second-order valence-corrected chi connectivity index (χ2v) is 5.15. The highest BCUT2D eigenvalue weighted by Gasteiger charge is 2.07. The standard InChI is InChI=1S/C16H13BrO4/c1-21-16-9-13(17)10(8-15(16)20)5-6-14(19)11-3-2-4-12(18)7-11/h2-9,18,20H,1H3/b6-5+. The van der Waals surface area contributed by atoms with Crippen molar-refractivity contribution in [3.8, 4) is 17.2 Å². The summed E-state index contributed by atoms with van der Waals surface area (Å²) in [4.78, 5) is 12.0. The summed E-state index contributed by atoms with van der Waals surface area (Å²) >= 11 is 3.35. The van der Waals surface area contributed by atoms with Crippen LogP contribution >= 0.6 is 15.9 Å². The Bertz CT molecular complexity index is 707. The lowest BCUT2D eigenvalue weighted by molar-refractivity contribution is 0.104. The van der Waals surface area contributed by atoms with E-state index in [0.717, 1.165) is 0 Å². The molecule has 2 N–H and O–H groups in total. The Hall–Kier alpha value is -2.27. The minimum absolute atomic E-state index is 0.00912. The molecular formula is C16H13BrO4. The number of phenolic OH excluding ortho intramolecular Hbond substituents is 2. The molecule has 108 valence electrons. The highest BCUT2D eigenvalue weighted by molar-refractivity contribution is 9.10. The molecule has 2 aromatic carbocycles. The summed E-state index contributed by atoms with van der Waals surface area (Å²) in [5.41, 5.74) is 1.03. The third-order valence-corrected chi connectivity index (χ3v) is 3.53. The zero-order valence-corrected chi connectivity index (χ0v) is 12.8. The number of hydrogen-bond acceptors (Lipinski definition) is 4. The van der Waals surface area contributed by atoms with Gasteiger partial charge in [-0.3, -0.25) is 4.79 Å². The number of halogens is 1. The number of benzene rings is 2. The van der Waals surface area contributed by atoms with Crippen LogP contribution in [0.5, 0.6) is 17.2 Å². The van der Waals surface area contributed by atoms with Crippen LogP contribution in [-0.4, -0.2) is 23.1 Å². The quantitative estimate of drug-likeness (QED) is 0.652. The van der Waals surface area contributed by atoms with Gasteiger partial charge in [-0.15, -0.1) is 0 Å². The maximum atomic E-state index is 12.0. The molecule has 0 aliphatic rings. The molecule has 0 amide bonds. The van der Waals surface area contributed by atoms with Crippen molar-refractivity contribution in [3.05, 3.63) is 58.1 Å². The van der Waals surface area contributed by atoms with Crippen molar-refractivity contribution in [3.63, 3.8) is 0 Å². The van der Waals surface area contributed by atoms with Gasteiger partial charge in [0, 0.05) is 10.0 Å². The van der Waals surface area contributed by atoms with E-state index in [9.17, 15) is 15.0 Å². The Morgan fingerprint density at radius 1 is 1.24 bits per heavy atom. The number of rotatable bonds is 4. The molecule has 0 aliphatic carbocycles. The number of allylic oxidation sites excluding steroid dienone is 1. The van der Waals surface area contributed by atoms with Crippen LogP contribution in [0.2, 0.25) is 0 Å². The van der Waals surface area contributed by atoms with Gasteiger partial charge in [0.1, 0.15) is 5.75 Å². The number of phenols is 2. The molecule has 21 heavy (non-hydrogen) atoms. The Labute approximate surface area is 130 Å². The zero-order chi connectivity index (χ0) is 15.4. The molecule has 0 saturated heterocycles. The Morgan fingerprint density at radius 2 is 2.00 bits per heavy atom. The summed E-state index contributed by atoms with van der Waals surface area (Å²) in [7, 11) is 1.46. The number of hydrogen-bond donors (Lipinski definition) is 2. The van der Waals surface area contributed by atoms with Crippen LogP contribution in [0.4, 0.5) is 0 Å². The second kappa shape index (κ2) is 6.45. The lowest BCUT2D eigenvalue weighted by Gasteiger charge is -2.06. The lowest BCUT2D eigenvalue weighted by atomic mass is 10.1. The molecule has 0 aromatic heterocycles. The molecule has 0 atom stereocenters. The van der Waals surface area contributed by atoms with E-state index in [2.05, 4.69) is 15.9 Å². The fraction of sp³-hybridized carbons (Fsp3) is 0.0625. The van der Waals surface area contributed by atoms with Crippen molar-refractivity contribution in [1.82, 2.24) is 0 Å². The van der Waals surface area contributed by atoms with Gasteiger partial charge in [-0.05, 0) is 42.0 Å². The molecular weight excluding hydrogens is 336 g/mol. The maximum absolute atomic E-state index is 12.0. The first-order valence-electron chi connectivity index (χ1n) is 6.09. The van der Waals surface area contributed by atoms with Gasteiger partial charge in [-0.2, -0.15) is 0 Å². The van der Waals surface area contributed by atoms with Crippen LogP contribution in [0.1, 0.15) is 15.9 Å². The van der Waals surface area contributed by atoms with Crippen LogP contribution in [-0.2, 0) is 0 Å². The van der Waals surface area contributed by atoms with Gasteiger partial charge >= 0.3 is 0 Å². The van der Waals surface area contributed by atoms with Crippen LogP contribution in [0.25, 0.3) is 6.08 Å². The third-order valence-electron chi connectivity index (χ3n) is 2.84. The van der Waals surface area contributed by atoms with Gasteiger partial charge in [0.15, 0.2) is 17.3 Å². The van der Waals surface area contributed by atoms with Crippen molar-refractivity contribution in [1.29, 1.82) is 0 Å². The molecule has 0 radical (unpaired) electrons. The molecule has 5 heteroatoms. The number of aromatic hydroxyl groups is 2. The summed E-state index contributed by atoms with van der Waals surface area (Å²) in [6, 6.07) is 9.23. The van der Waals surface area contributed by atoms with Crippen LogP contribution in [0.3, 0.4) is 0 Å².